The number of nitrogens with zero attached hydrogens (tertiary/aromatic N) is 2. The Hall–Kier alpha value is -2.90. The molecule has 2 amide bonds. The maximum absolute atomic E-state index is 12.1. The van der Waals surface area contributed by atoms with Gasteiger partial charge in [0.2, 0.25) is 5.89 Å². The molecule has 1 aliphatic carbocycles. The van der Waals surface area contributed by atoms with Gasteiger partial charge in [-0.15, -0.1) is 0 Å². The van der Waals surface area contributed by atoms with Crippen LogP contribution in [0.4, 0.5) is 10.5 Å². The molecule has 0 saturated heterocycles. The van der Waals surface area contributed by atoms with Crippen molar-refractivity contribution in [1.29, 1.82) is 0 Å². The molecule has 2 atom stereocenters. The summed E-state index contributed by atoms with van der Waals surface area (Å²) in [4.78, 5) is 27.4. The third kappa shape index (κ3) is 5.06. The molecule has 8 heteroatoms. The van der Waals surface area contributed by atoms with Crippen molar-refractivity contribution in [2.45, 2.75) is 51.5 Å². The highest BCUT2D eigenvalue weighted by Crippen LogP contribution is 2.25. The zero-order valence-electron chi connectivity index (χ0n) is 15.4. The number of anilines is 1. The fourth-order valence-electron chi connectivity index (χ4n) is 3.14. The van der Waals surface area contributed by atoms with E-state index in [1.807, 2.05) is 38.1 Å². The number of carboxylic acids is 1. The molecule has 0 radical (unpaired) electrons. The SMILES string of the molecule is CC(C)c1noc(Cc2ccc(NC(=O)N[C@@H]3CC[C@H](C(=O)O)C3)cc2)n1. The van der Waals surface area contributed by atoms with Crippen molar-refractivity contribution in [1.82, 2.24) is 15.5 Å². The van der Waals surface area contributed by atoms with E-state index in [0.29, 0.717) is 43.1 Å². The van der Waals surface area contributed by atoms with E-state index < -0.39 is 5.97 Å². The molecule has 0 unspecified atom stereocenters. The Morgan fingerprint density at radius 2 is 2.00 bits per heavy atom. The van der Waals surface area contributed by atoms with E-state index >= 15 is 0 Å². The number of hydrogen-bond acceptors (Lipinski definition) is 5. The molecule has 1 saturated carbocycles. The summed E-state index contributed by atoms with van der Waals surface area (Å²) >= 11 is 0. The van der Waals surface area contributed by atoms with E-state index in [1.54, 1.807) is 0 Å². The summed E-state index contributed by atoms with van der Waals surface area (Å²) in [5.74, 6) is 0.314. The number of urea groups is 1. The standard InChI is InChI=1S/C19H24N4O4/c1-11(2)17-22-16(27-23-17)9-12-3-6-14(7-4-12)20-19(26)21-15-8-5-13(10-15)18(24)25/h3-4,6-7,11,13,15H,5,8-10H2,1-2H3,(H,24,25)(H2,20,21,26)/t13-,15+/m0/s1. The number of nitrogens with one attached hydrogen (secondary N) is 2. The zero-order valence-corrected chi connectivity index (χ0v) is 15.4. The van der Waals surface area contributed by atoms with Gasteiger partial charge in [0.25, 0.3) is 0 Å². The van der Waals surface area contributed by atoms with Gasteiger partial charge in [0.15, 0.2) is 5.82 Å². The molecule has 8 nitrogen and oxygen atoms in total. The highest BCUT2D eigenvalue weighted by molar-refractivity contribution is 5.89. The van der Waals surface area contributed by atoms with Gasteiger partial charge >= 0.3 is 12.0 Å². The second-order valence-electron chi connectivity index (χ2n) is 7.22. The van der Waals surface area contributed by atoms with Crippen LogP contribution in [-0.4, -0.2) is 33.3 Å². The molecular formula is C19H24N4O4. The molecule has 27 heavy (non-hydrogen) atoms. The Bertz CT molecular complexity index is 800. The van der Waals surface area contributed by atoms with Gasteiger partial charge < -0.3 is 20.3 Å². The van der Waals surface area contributed by atoms with Crippen LogP contribution in [0.5, 0.6) is 0 Å². The molecule has 1 aromatic heterocycles. The van der Waals surface area contributed by atoms with Crippen molar-refractivity contribution in [2.24, 2.45) is 5.92 Å². The summed E-state index contributed by atoms with van der Waals surface area (Å²) in [6.45, 7) is 4.01. The number of carboxylic acid groups (broad SMARTS) is 1. The minimum absolute atomic E-state index is 0.0990. The molecule has 1 heterocycles. The molecule has 0 aliphatic heterocycles. The van der Waals surface area contributed by atoms with E-state index in [4.69, 9.17) is 9.63 Å². The van der Waals surface area contributed by atoms with Gasteiger partial charge in [-0.3, -0.25) is 4.79 Å². The van der Waals surface area contributed by atoms with Crippen molar-refractivity contribution in [2.75, 3.05) is 5.32 Å². The molecule has 0 bridgehead atoms. The van der Waals surface area contributed by atoms with Crippen LogP contribution >= 0.6 is 0 Å². The number of carbonyl (C=O) groups excluding carboxylic acids is 1. The van der Waals surface area contributed by atoms with Crippen molar-refractivity contribution in [3.8, 4) is 0 Å². The third-order valence-electron chi connectivity index (χ3n) is 4.68. The van der Waals surface area contributed by atoms with E-state index in [-0.39, 0.29) is 23.9 Å². The van der Waals surface area contributed by atoms with E-state index in [2.05, 4.69) is 20.8 Å². The van der Waals surface area contributed by atoms with Crippen LogP contribution in [0.15, 0.2) is 28.8 Å². The fraction of sp³-hybridized carbons (Fsp3) is 0.474. The Morgan fingerprint density at radius 3 is 2.59 bits per heavy atom. The van der Waals surface area contributed by atoms with Crippen molar-refractivity contribution in [3.63, 3.8) is 0 Å². The Balaban J connectivity index is 1.50. The summed E-state index contributed by atoms with van der Waals surface area (Å²) in [6.07, 6.45) is 2.30. The van der Waals surface area contributed by atoms with Crippen LogP contribution in [-0.2, 0) is 11.2 Å². The van der Waals surface area contributed by atoms with Crippen LogP contribution in [0, 0.1) is 5.92 Å². The monoisotopic (exact) mass is 372 g/mol. The lowest BCUT2D eigenvalue weighted by Gasteiger charge is -2.13. The average Bonchev–Trinajstić information content (AvgIpc) is 3.26. The number of hydrogen-bond donors (Lipinski definition) is 3. The molecule has 1 fully saturated rings. The quantitative estimate of drug-likeness (QED) is 0.717. The Morgan fingerprint density at radius 1 is 1.26 bits per heavy atom. The van der Waals surface area contributed by atoms with Gasteiger partial charge in [-0.05, 0) is 37.0 Å². The predicted octanol–water partition coefficient (Wildman–Crippen LogP) is 3.16. The minimum Gasteiger partial charge on any atom is -0.481 e. The summed E-state index contributed by atoms with van der Waals surface area (Å²) < 4.78 is 5.24. The van der Waals surface area contributed by atoms with E-state index in [9.17, 15) is 9.59 Å². The first kappa shape index (κ1) is 18.9. The van der Waals surface area contributed by atoms with Gasteiger partial charge in [-0.1, -0.05) is 31.1 Å². The lowest BCUT2D eigenvalue weighted by molar-refractivity contribution is -0.141. The topological polar surface area (TPSA) is 117 Å². The number of benzene rings is 1. The molecule has 144 valence electrons. The second-order valence-corrected chi connectivity index (χ2v) is 7.22. The average molecular weight is 372 g/mol. The number of aromatic nitrogens is 2. The highest BCUT2D eigenvalue weighted by Gasteiger charge is 2.30. The van der Waals surface area contributed by atoms with Crippen molar-refractivity contribution < 1.29 is 19.2 Å². The fourth-order valence-corrected chi connectivity index (χ4v) is 3.14. The van der Waals surface area contributed by atoms with E-state index in [0.717, 1.165) is 5.56 Å². The molecule has 3 rings (SSSR count). The molecule has 3 N–H and O–H groups in total. The van der Waals surface area contributed by atoms with E-state index in [1.165, 1.54) is 0 Å². The van der Waals surface area contributed by atoms with Crippen LogP contribution in [0.3, 0.4) is 0 Å². The maximum Gasteiger partial charge on any atom is 0.319 e. The Labute approximate surface area is 157 Å². The number of carbonyl (C=O) groups is 2. The predicted molar refractivity (Wildman–Crippen MR) is 98.6 cm³/mol. The molecular weight excluding hydrogens is 348 g/mol. The van der Waals surface area contributed by atoms with Gasteiger partial charge in [0.05, 0.1) is 12.3 Å². The van der Waals surface area contributed by atoms with Crippen molar-refractivity contribution >= 4 is 17.7 Å². The normalized spacial score (nSPS) is 19.2. The van der Waals surface area contributed by atoms with Crippen LogP contribution in [0.1, 0.15) is 56.3 Å². The highest BCUT2D eigenvalue weighted by atomic mass is 16.5. The Kier molecular flexibility index (Phi) is 5.73. The third-order valence-corrected chi connectivity index (χ3v) is 4.68. The van der Waals surface area contributed by atoms with Gasteiger partial charge in [0.1, 0.15) is 0 Å². The van der Waals surface area contributed by atoms with Gasteiger partial charge in [-0.25, -0.2) is 4.79 Å². The first-order valence-electron chi connectivity index (χ1n) is 9.12. The van der Waals surface area contributed by atoms with Gasteiger partial charge in [-0.2, -0.15) is 4.98 Å². The summed E-state index contributed by atoms with van der Waals surface area (Å²) in [6, 6.07) is 6.98. The summed E-state index contributed by atoms with van der Waals surface area (Å²) in [5.41, 5.74) is 1.66. The number of aliphatic carboxylic acids is 1. The van der Waals surface area contributed by atoms with Crippen LogP contribution < -0.4 is 10.6 Å². The maximum atomic E-state index is 12.1. The lowest BCUT2D eigenvalue weighted by atomic mass is 10.1. The zero-order chi connectivity index (χ0) is 19.4. The molecule has 2 aromatic rings. The summed E-state index contributed by atoms with van der Waals surface area (Å²) in [5, 5.41) is 18.6. The smallest absolute Gasteiger partial charge is 0.319 e. The second kappa shape index (κ2) is 8.20. The first-order valence-corrected chi connectivity index (χ1v) is 9.12. The summed E-state index contributed by atoms with van der Waals surface area (Å²) in [7, 11) is 0. The number of amides is 2. The van der Waals surface area contributed by atoms with Crippen LogP contribution in [0.25, 0.3) is 0 Å². The van der Waals surface area contributed by atoms with Crippen LogP contribution in [0.2, 0.25) is 0 Å². The molecule has 1 aliphatic rings. The number of rotatable bonds is 6. The minimum atomic E-state index is -0.794. The largest absolute Gasteiger partial charge is 0.481 e. The van der Waals surface area contributed by atoms with Gasteiger partial charge in [0, 0.05) is 17.6 Å². The first-order chi connectivity index (χ1) is 12.9. The van der Waals surface area contributed by atoms with Crippen molar-refractivity contribution in [3.05, 3.63) is 41.5 Å². The molecule has 0 spiro atoms. The molecule has 1 aromatic carbocycles. The lowest BCUT2D eigenvalue weighted by Crippen LogP contribution is -2.36.